The van der Waals surface area contributed by atoms with Crippen molar-refractivity contribution in [2.24, 2.45) is 11.3 Å². The smallest absolute Gasteiger partial charge is 0.329 e. The molecule has 2 aliphatic rings. The second-order valence-corrected chi connectivity index (χ2v) is 6.86. The van der Waals surface area contributed by atoms with E-state index >= 15 is 0 Å². The molecular weight excluding hydrogens is 256 g/mol. The van der Waals surface area contributed by atoms with E-state index in [4.69, 9.17) is 0 Å². The third kappa shape index (κ3) is 2.91. The van der Waals surface area contributed by atoms with Gasteiger partial charge in [0.1, 0.15) is 5.54 Å². The summed E-state index contributed by atoms with van der Waals surface area (Å²) < 4.78 is 0. The number of nitrogens with zero attached hydrogens (tertiary/aromatic N) is 1. The maximum Gasteiger partial charge on any atom is 0.329 e. The first-order valence-corrected chi connectivity index (χ1v) is 7.61. The number of carbonyl (C=O) groups is 2. The number of nitrogens with one attached hydrogen (secondary N) is 1. The summed E-state index contributed by atoms with van der Waals surface area (Å²) in [4.78, 5) is 25.5. The Bertz CT molecular complexity index is 398. The Hall–Kier alpha value is -1.26. The van der Waals surface area contributed by atoms with Crippen molar-refractivity contribution in [3.8, 4) is 0 Å². The number of carbonyl (C=O) groups excluding carboxylic acids is 1. The molecule has 1 heterocycles. The third-order valence-corrected chi connectivity index (χ3v) is 5.32. The number of carboxylic acids is 1. The van der Waals surface area contributed by atoms with Gasteiger partial charge in [-0.1, -0.05) is 20.3 Å². The zero-order valence-corrected chi connectivity index (χ0v) is 12.7. The van der Waals surface area contributed by atoms with Crippen molar-refractivity contribution < 1.29 is 14.7 Å². The van der Waals surface area contributed by atoms with Crippen molar-refractivity contribution in [2.75, 3.05) is 13.1 Å². The second kappa shape index (κ2) is 5.26. The van der Waals surface area contributed by atoms with Gasteiger partial charge in [0, 0.05) is 13.1 Å². The fourth-order valence-corrected chi connectivity index (χ4v) is 2.90. The molecule has 1 atom stereocenters. The number of carboxylic acid groups (broad SMARTS) is 1. The maximum absolute atomic E-state index is 12.3. The summed E-state index contributed by atoms with van der Waals surface area (Å²) in [6.45, 7) is 7.51. The van der Waals surface area contributed by atoms with E-state index in [1.807, 2.05) is 0 Å². The maximum atomic E-state index is 12.3. The van der Waals surface area contributed by atoms with Gasteiger partial charge in [0.25, 0.3) is 0 Å². The third-order valence-electron chi connectivity index (χ3n) is 5.32. The molecule has 2 fully saturated rings. The zero-order chi connectivity index (χ0) is 15.0. The van der Waals surface area contributed by atoms with Gasteiger partial charge in [-0.05, 0) is 43.9 Å². The van der Waals surface area contributed by atoms with Crippen molar-refractivity contribution in [3.63, 3.8) is 0 Å². The highest BCUT2D eigenvalue weighted by Gasteiger charge is 2.49. The normalized spacial score (nSPS) is 24.9. The summed E-state index contributed by atoms with van der Waals surface area (Å²) in [7, 11) is 0. The molecule has 1 aliphatic heterocycles. The topological polar surface area (TPSA) is 69.6 Å². The van der Waals surface area contributed by atoms with Crippen LogP contribution in [-0.2, 0) is 4.79 Å². The average Bonchev–Trinajstić information content (AvgIpc) is 3.23. The molecule has 2 rings (SSSR count). The molecule has 0 aromatic carbocycles. The number of hydrogen-bond acceptors (Lipinski definition) is 2. The van der Waals surface area contributed by atoms with Gasteiger partial charge in [0.15, 0.2) is 0 Å². The fraction of sp³-hybridized carbons (Fsp3) is 0.867. The number of likely N-dealkylation sites (tertiary alicyclic amines) is 1. The van der Waals surface area contributed by atoms with Crippen LogP contribution in [0.2, 0.25) is 0 Å². The molecule has 0 spiro atoms. The predicted octanol–water partition coefficient (Wildman–Crippen LogP) is 2.46. The fourth-order valence-electron chi connectivity index (χ4n) is 2.90. The summed E-state index contributed by atoms with van der Waals surface area (Å²) in [5.41, 5.74) is -0.786. The highest BCUT2D eigenvalue weighted by atomic mass is 16.4. The first kappa shape index (κ1) is 15.1. The molecule has 20 heavy (non-hydrogen) atoms. The van der Waals surface area contributed by atoms with E-state index in [2.05, 4.69) is 19.2 Å². The Morgan fingerprint density at radius 2 is 1.90 bits per heavy atom. The van der Waals surface area contributed by atoms with Gasteiger partial charge in [-0.2, -0.15) is 0 Å². The average molecular weight is 282 g/mol. The SMILES string of the molecule is CCC1(C)CCN(C(=O)NC(C)(C(=O)O)C2CC2)CC1. The van der Waals surface area contributed by atoms with Crippen LogP contribution in [0.4, 0.5) is 4.79 Å². The van der Waals surface area contributed by atoms with Crippen LogP contribution in [0.25, 0.3) is 0 Å². The van der Waals surface area contributed by atoms with Crippen LogP contribution in [0, 0.1) is 11.3 Å². The van der Waals surface area contributed by atoms with E-state index in [-0.39, 0.29) is 11.9 Å². The van der Waals surface area contributed by atoms with Crippen LogP contribution in [0.3, 0.4) is 0 Å². The van der Waals surface area contributed by atoms with E-state index in [9.17, 15) is 14.7 Å². The Kier molecular flexibility index (Phi) is 3.98. The largest absolute Gasteiger partial charge is 0.480 e. The Morgan fingerprint density at radius 1 is 1.35 bits per heavy atom. The number of aliphatic carboxylic acids is 1. The molecule has 5 nitrogen and oxygen atoms in total. The Labute approximate surface area is 120 Å². The van der Waals surface area contributed by atoms with Gasteiger partial charge in [-0.3, -0.25) is 0 Å². The van der Waals surface area contributed by atoms with Gasteiger partial charge in [0.2, 0.25) is 0 Å². The molecule has 1 saturated heterocycles. The molecule has 0 aromatic rings. The first-order chi connectivity index (χ1) is 9.31. The van der Waals surface area contributed by atoms with Crippen LogP contribution >= 0.6 is 0 Å². The van der Waals surface area contributed by atoms with Crippen LogP contribution in [0.5, 0.6) is 0 Å². The van der Waals surface area contributed by atoms with E-state index in [1.54, 1.807) is 11.8 Å². The van der Waals surface area contributed by atoms with Crippen LogP contribution in [0.1, 0.15) is 52.9 Å². The van der Waals surface area contributed by atoms with Crippen molar-refractivity contribution in [1.82, 2.24) is 10.2 Å². The lowest BCUT2D eigenvalue weighted by molar-refractivity contribution is -0.144. The molecule has 114 valence electrons. The zero-order valence-electron chi connectivity index (χ0n) is 12.7. The Morgan fingerprint density at radius 3 is 2.30 bits per heavy atom. The summed E-state index contributed by atoms with van der Waals surface area (Å²) in [5.74, 6) is -0.849. The van der Waals surface area contributed by atoms with Crippen molar-refractivity contribution >= 4 is 12.0 Å². The van der Waals surface area contributed by atoms with E-state index in [0.29, 0.717) is 5.41 Å². The minimum absolute atomic E-state index is 0.0784. The lowest BCUT2D eigenvalue weighted by Gasteiger charge is -2.40. The van der Waals surface area contributed by atoms with Crippen molar-refractivity contribution in [1.29, 1.82) is 0 Å². The van der Waals surface area contributed by atoms with Gasteiger partial charge >= 0.3 is 12.0 Å². The number of urea groups is 1. The number of hydrogen-bond donors (Lipinski definition) is 2. The summed E-state index contributed by atoms with van der Waals surface area (Å²) in [5, 5.41) is 12.1. The minimum atomic E-state index is -1.11. The van der Waals surface area contributed by atoms with Crippen molar-refractivity contribution in [3.05, 3.63) is 0 Å². The van der Waals surface area contributed by atoms with Gasteiger partial charge < -0.3 is 15.3 Å². The Balaban J connectivity index is 1.94. The summed E-state index contributed by atoms with van der Waals surface area (Å²) in [6.07, 6.45) is 4.87. The lowest BCUT2D eigenvalue weighted by atomic mass is 9.78. The van der Waals surface area contributed by atoms with Crippen molar-refractivity contribution in [2.45, 2.75) is 58.4 Å². The molecule has 0 radical (unpaired) electrons. The molecule has 1 saturated carbocycles. The molecule has 5 heteroatoms. The summed E-state index contributed by atoms with van der Waals surface area (Å²) >= 11 is 0. The molecule has 2 N–H and O–H groups in total. The molecule has 2 amide bonds. The van der Waals surface area contributed by atoms with E-state index in [0.717, 1.165) is 45.2 Å². The van der Waals surface area contributed by atoms with Gasteiger partial charge in [-0.15, -0.1) is 0 Å². The predicted molar refractivity (Wildman–Crippen MR) is 76.5 cm³/mol. The van der Waals surface area contributed by atoms with Crippen LogP contribution in [0.15, 0.2) is 0 Å². The number of rotatable bonds is 4. The van der Waals surface area contributed by atoms with Crippen LogP contribution in [-0.4, -0.2) is 40.6 Å². The molecule has 0 aromatic heterocycles. The minimum Gasteiger partial charge on any atom is -0.480 e. The first-order valence-electron chi connectivity index (χ1n) is 7.61. The highest BCUT2D eigenvalue weighted by Crippen LogP contribution is 2.40. The monoisotopic (exact) mass is 282 g/mol. The highest BCUT2D eigenvalue weighted by molar-refractivity contribution is 5.86. The van der Waals surface area contributed by atoms with E-state index in [1.165, 1.54) is 0 Å². The number of amides is 2. The van der Waals surface area contributed by atoms with E-state index < -0.39 is 11.5 Å². The summed E-state index contributed by atoms with van der Waals surface area (Å²) in [6, 6.07) is -0.222. The van der Waals surface area contributed by atoms with Gasteiger partial charge in [0.05, 0.1) is 0 Å². The quantitative estimate of drug-likeness (QED) is 0.832. The van der Waals surface area contributed by atoms with Gasteiger partial charge in [-0.25, -0.2) is 9.59 Å². The van der Waals surface area contributed by atoms with Crippen LogP contribution < -0.4 is 5.32 Å². The molecule has 1 unspecified atom stereocenters. The lowest BCUT2D eigenvalue weighted by Crippen LogP contribution is -2.58. The number of piperidine rings is 1. The molecule has 1 aliphatic carbocycles. The second-order valence-electron chi connectivity index (χ2n) is 6.86. The molecule has 0 bridgehead atoms. The standard InChI is InChI=1S/C15H26N2O3/c1-4-14(2)7-9-17(10-8-14)13(20)16-15(3,12(18)19)11-5-6-11/h11H,4-10H2,1-3H3,(H,16,20)(H,18,19). The molecular formula is C15H26N2O3.